The summed E-state index contributed by atoms with van der Waals surface area (Å²) in [5.74, 6) is 0.953. The van der Waals surface area contributed by atoms with E-state index in [1.165, 1.54) is 21.9 Å². The van der Waals surface area contributed by atoms with Crippen molar-refractivity contribution in [2.75, 3.05) is 6.61 Å². The molecule has 0 atom stereocenters. The second-order valence-electron chi connectivity index (χ2n) is 5.02. The molecule has 1 heterocycles. The quantitative estimate of drug-likeness (QED) is 0.652. The highest BCUT2D eigenvalue weighted by molar-refractivity contribution is 9.08. The first-order valence-corrected chi connectivity index (χ1v) is 8.07. The summed E-state index contributed by atoms with van der Waals surface area (Å²) in [5, 5.41) is 7.44. The molecule has 4 heteroatoms. The first-order chi connectivity index (χ1) is 10.3. The summed E-state index contributed by atoms with van der Waals surface area (Å²) in [6, 6.07) is 12.6. The van der Waals surface area contributed by atoms with Crippen LogP contribution in [0, 0.1) is 0 Å². The Labute approximate surface area is 132 Å². The Balaban J connectivity index is 1.77. The molecule has 0 fully saturated rings. The third-order valence-electron chi connectivity index (χ3n) is 3.54. The lowest BCUT2D eigenvalue weighted by atomic mass is 10.0. The number of benzene rings is 2. The van der Waals surface area contributed by atoms with Crippen LogP contribution in [0.1, 0.15) is 11.1 Å². The summed E-state index contributed by atoms with van der Waals surface area (Å²) in [5.41, 5.74) is 2.40. The molecule has 2 aromatic carbocycles. The van der Waals surface area contributed by atoms with Crippen LogP contribution >= 0.6 is 15.9 Å². The molecule has 108 valence electrons. The van der Waals surface area contributed by atoms with Gasteiger partial charge in [-0.05, 0) is 22.4 Å². The van der Waals surface area contributed by atoms with E-state index >= 15 is 0 Å². The summed E-state index contributed by atoms with van der Waals surface area (Å²) >= 11 is 3.58. The minimum absolute atomic E-state index is 0.657. The first kappa shape index (κ1) is 14.1. The van der Waals surface area contributed by atoms with Crippen LogP contribution < -0.4 is 4.74 Å². The van der Waals surface area contributed by atoms with E-state index in [9.17, 15) is 0 Å². The summed E-state index contributed by atoms with van der Waals surface area (Å²) in [6.07, 6.45) is 4.77. The summed E-state index contributed by atoms with van der Waals surface area (Å²) in [7, 11) is 1.93. The Morgan fingerprint density at radius 3 is 2.81 bits per heavy atom. The highest BCUT2D eigenvalue weighted by Crippen LogP contribution is 2.30. The molecule has 1 aromatic heterocycles. The van der Waals surface area contributed by atoms with Crippen molar-refractivity contribution in [3.8, 4) is 5.75 Å². The Kier molecular flexibility index (Phi) is 4.25. The lowest BCUT2D eigenvalue weighted by Crippen LogP contribution is -2.03. The van der Waals surface area contributed by atoms with Gasteiger partial charge in [-0.15, -0.1) is 0 Å². The molecule has 0 aliphatic carbocycles. The first-order valence-electron chi connectivity index (χ1n) is 6.95. The number of hydrogen-bond donors (Lipinski definition) is 0. The van der Waals surface area contributed by atoms with Crippen molar-refractivity contribution >= 4 is 26.7 Å². The number of hydrogen-bond acceptors (Lipinski definition) is 2. The molecule has 0 saturated heterocycles. The minimum Gasteiger partial charge on any atom is -0.493 e. The van der Waals surface area contributed by atoms with Gasteiger partial charge in [0.25, 0.3) is 0 Å². The van der Waals surface area contributed by atoms with Gasteiger partial charge in [-0.1, -0.05) is 46.3 Å². The van der Waals surface area contributed by atoms with Crippen LogP contribution in [0.15, 0.2) is 48.8 Å². The molecule has 3 nitrogen and oxygen atoms in total. The van der Waals surface area contributed by atoms with Crippen molar-refractivity contribution in [3.05, 3.63) is 59.9 Å². The maximum atomic E-state index is 5.98. The largest absolute Gasteiger partial charge is 0.493 e. The Morgan fingerprint density at radius 2 is 2.05 bits per heavy atom. The number of rotatable bonds is 5. The standard InChI is InChI=1S/C17H17BrN2O/c1-20-12-13(11-19-20)8-9-21-17-7-6-14-4-2-3-5-15(14)16(17)10-18/h2-7,11-12H,8-10H2,1H3. The van der Waals surface area contributed by atoms with E-state index in [0.717, 1.165) is 17.5 Å². The molecule has 0 amide bonds. The molecule has 3 rings (SSSR count). The fraction of sp³-hybridized carbons (Fsp3) is 0.235. The van der Waals surface area contributed by atoms with Gasteiger partial charge in [-0.25, -0.2) is 0 Å². The van der Waals surface area contributed by atoms with Crippen molar-refractivity contribution in [3.63, 3.8) is 0 Å². The van der Waals surface area contributed by atoms with E-state index < -0.39 is 0 Å². The van der Waals surface area contributed by atoms with E-state index in [1.807, 2.05) is 24.1 Å². The maximum Gasteiger partial charge on any atom is 0.123 e. The monoisotopic (exact) mass is 344 g/mol. The van der Waals surface area contributed by atoms with Gasteiger partial charge in [0.05, 0.1) is 12.8 Å². The molecular formula is C17H17BrN2O. The lowest BCUT2D eigenvalue weighted by molar-refractivity contribution is 0.320. The summed E-state index contributed by atoms with van der Waals surface area (Å²) < 4.78 is 7.80. The molecule has 3 aromatic rings. The fourth-order valence-electron chi connectivity index (χ4n) is 2.47. The van der Waals surface area contributed by atoms with Gasteiger partial charge in [-0.2, -0.15) is 5.10 Å². The fourth-order valence-corrected chi connectivity index (χ4v) is 3.05. The van der Waals surface area contributed by atoms with Crippen LogP contribution in [-0.2, 0) is 18.8 Å². The lowest BCUT2D eigenvalue weighted by Gasteiger charge is -2.12. The van der Waals surface area contributed by atoms with E-state index in [1.54, 1.807) is 0 Å². The number of aryl methyl sites for hydroxylation is 1. The van der Waals surface area contributed by atoms with Crippen LogP contribution in [0.2, 0.25) is 0 Å². The van der Waals surface area contributed by atoms with Crippen molar-refractivity contribution < 1.29 is 4.74 Å². The molecule has 0 aliphatic heterocycles. The molecular weight excluding hydrogens is 328 g/mol. The van der Waals surface area contributed by atoms with Gasteiger partial charge < -0.3 is 4.74 Å². The van der Waals surface area contributed by atoms with E-state index in [0.29, 0.717) is 6.61 Å². The van der Waals surface area contributed by atoms with Crippen LogP contribution in [0.3, 0.4) is 0 Å². The van der Waals surface area contributed by atoms with Crippen molar-refractivity contribution in [2.45, 2.75) is 11.8 Å². The van der Waals surface area contributed by atoms with E-state index in [2.05, 4.69) is 57.4 Å². The predicted molar refractivity (Wildman–Crippen MR) is 89.0 cm³/mol. The number of nitrogens with zero attached hydrogens (tertiary/aromatic N) is 2. The smallest absolute Gasteiger partial charge is 0.123 e. The molecule has 21 heavy (non-hydrogen) atoms. The van der Waals surface area contributed by atoms with Crippen LogP contribution in [0.25, 0.3) is 10.8 Å². The second kappa shape index (κ2) is 6.31. The molecule has 0 bridgehead atoms. The number of aromatic nitrogens is 2. The van der Waals surface area contributed by atoms with Gasteiger partial charge in [0, 0.05) is 30.6 Å². The average molecular weight is 345 g/mol. The zero-order chi connectivity index (χ0) is 14.7. The molecule has 0 aliphatic rings. The van der Waals surface area contributed by atoms with Gasteiger partial charge >= 0.3 is 0 Å². The normalized spacial score (nSPS) is 11.0. The summed E-state index contributed by atoms with van der Waals surface area (Å²) in [6.45, 7) is 0.657. The summed E-state index contributed by atoms with van der Waals surface area (Å²) in [4.78, 5) is 0. The molecule has 0 spiro atoms. The van der Waals surface area contributed by atoms with Gasteiger partial charge in [0.1, 0.15) is 5.75 Å². The van der Waals surface area contributed by atoms with E-state index in [4.69, 9.17) is 4.74 Å². The van der Waals surface area contributed by atoms with Gasteiger partial charge in [0.2, 0.25) is 0 Å². The second-order valence-corrected chi connectivity index (χ2v) is 5.58. The Hall–Kier alpha value is -1.81. The topological polar surface area (TPSA) is 27.1 Å². The van der Waals surface area contributed by atoms with Crippen LogP contribution in [0.5, 0.6) is 5.75 Å². The molecule has 0 N–H and O–H groups in total. The molecule has 0 unspecified atom stereocenters. The number of halogens is 1. The maximum absolute atomic E-state index is 5.98. The van der Waals surface area contributed by atoms with Crippen molar-refractivity contribution in [1.29, 1.82) is 0 Å². The predicted octanol–water partition coefficient (Wildman–Crippen LogP) is 4.09. The highest BCUT2D eigenvalue weighted by atomic mass is 79.9. The number of fused-ring (bicyclic) bond motifs is 1. The molecule has 0 saturated carbocycles. The van der Waals surface area contributed by atoms with E-state index in [-0.39, 0.29) is 0 Å². The Morgan fingerprint density at radius 1 is 1.19 bits per heavy atom. The highest BCUT2D eigenvalue weighted by Gasteiger charge is 2.07. The number of ether oxygens (including phenoxy) is 1. The van der Waals surface area contributed by atoms with Crippen LogP contribution in [-0.4, -0.2) is 16.4 Å². The SMILES string of the molecule is Cn1cc(CCOc2ccc3ccccc3c2CBr)cn1. The van der Waals surface area contributed by atoms with Gasteiger partial charge in [-0.3, -0.25) is 4.68 Å². The third kappa shape index (κ3) is 3.10. The van der Waals surface area contributed by atoms with Gasteiger partial charge in [0.15, 0.2) is 0 Å². The zero-order valence-electron chi connectivity index (χ0n) is 11.9. The zero-order valence-corrected chi connectivity index (χ0v) is 13.5. The van der Waals surface area contributed by atoms with Crippen LogP contribution in [0.4, 0.5) is 0 Å². The Bertz CT molecular complexity index is 751. The van der Waals surface area contributed by atoms with Crippen molar-refractivity contribution in [2.24, 2.45) is 7.05 Å². The average Bonchev–Trinajstić information content (AvgIpc) is 2.92. The minimum atomic E-state index is 0.657. The number of alkyl halides is 1. The molecule has 0 radical (unpaired) electrons. The third-order valence-corrected chi connectivity index (χ3v) is 4.10. The van der Waals surface area contributed by atoms with Crippen molar-refractivity contribution in [1.82, 2.24) is 9.78 Å².